The summed E-state index contributed by atoms with van der Waals surface area (Å²) in [7, 11) is 0. The molecule has 2 amide bonds. The predicted octanol–water partition coefficient (Wildman–Crippen LogP) is 4.48. The third-order valence-corrected chi connectivity index (χ3v) is 4.20. The fraction of sp³-hybridized carbons (Fsp3) is 0.238. The van der Waals surface area contributed by atoms with Crippen LogP contribution in [-0.2, 0) is 16.0 Å². The molecular weight excluding hydrogens is 326 g/mol. The Bertz CT molecular complexity index is 914. The molecule has 0 saturated carbocycles. The van der Waals surface area contributed by atoms with Crippen LogP contribution >= 0.6 is 0 Å². The first-order valence-electron chi connectivity index (χ1n) is 8.90. The van der Waals surface area contributed by atoms with Gasteiger partial charge in [-0.3, -0.25) is 9.59 Å². The van der Waals surface area contributed by atoms with Crippen LogP contribution in [0.4, 0.5) is 11.4 Å². The number of benzene rings is 2. The highest BCUT2D eigenvalue weighted by Crippen LogP contribution is 2.20. The Kier molecular flexibility index (Phi) is 5.69. The summed E-state index contributed by atoms with van der Waals surface area (Å²) in [6.07, 6.45) is 4.32. The third kappa shape index (κ3) is 4.51. The van der Waals surface area contributed by atoms with Crippen LogP contribution in [0, 0.1) is 0 Å². The summed E-state index contributed by atoms with van der Waals surface area (Å²) in [6, 6.07) is 15.3. The number of fused-ring (bicyclic) bond motifs is 1. The van der Waals surface area contributed by atoms with Gasteiger partial charge in [-0.2, -0.15) is 0 Å². The van der Waals surface area contributed by atoms with Gasteiger partial charge in [-0.05, 0) is 42.7 Å². The molecule has 5 heteroatoms. The van der Waals surface area contributed by atoms with Crippen LogP contribution in [0.3, 0.4) is 0 Å². The van der Waals surface area contributed by atoms with Gasteiger partial charge in [0.15, 0.2) is 0 Å². The zero-order valence-electron chi connectivity index (χ0n) is 14.8. The van der Waals surface area contributed by atoms with Gasteiger partial charge in [0, 0.05) is 41.3 Å². The topological polar surface area (TPSA) is 74.0 Å². The van der Waals surface area contributed by atoms with Gasteiger partial charge in [0.25, 0.3) is 0 Å². The number of aryl methyl sites for hydroxylation is 1. The molecule has 0 aliphatic carbocycles. The van der Waals surface area contributed by atoms with E-state index in [1.165, 1.54) is 0 Å². The van der Waals surface area contributed by atoms with Crippen LogP contribution in [0.1, 0.15) is 31.7 Å². The number of amides is 2. The predicted molar refractivity (Wildman–Crippen MR) is 105 cm³/mol. The van der Waals surface area contributed by atoms with Gasteiger partial charge >= 0.3 is 0 Å². The SMILES string of the molecule is CCCC(=O)Nc1cccc(NC(=O)CCc2c[nH]c3ccccc23)c1. The van der Waals surface area contributed by atoms with E-state index in [0.29, 0.717) is 30.6 Å². The molecule has 0 aliphatic heterocycles. The first-order valence-corrected chi connectivity index (χ1v) is 8.90. The number of aromatic nitrogens is 1. The van der Waals surface area contributed by atoms with Crippen molar-refractivity contribution in [3.63, 3.8) is 0 Å². The Hall–Kier alpha value is -3.08. The van der Waals surface area contributed by atoms with Crippen molar-refractivity contribution < 1.29 is 9.59 Å². The van der Waals surface area contributed by atoms with E-state index in [-0.39, 0.29) is 11.8 Å². The zero-order chi connectivity index (χ0) is 18.4. The first kappa shape index (κ1) is 17.7. The van der Waals surface area contributed by atoms with Crippen molar-refractivity contribution in [2.45, 2.75) is 32.6 Å². The summed E-state index contributed by atoms with van der Waals surface area (Å²) in [5, 5.41) is 6.89. The number of carbonyl (C=O) groups is 2. The summed E-state index contributed by atoms with van der Waals surface area (Å²) < 4.78 is 0. The van der Waals surface area contributed by atoms with Crippen LogP contribution in [0.5, 0.6) is 0 Å². The Morgan fingerprint density at radius 3 is 2.35 bits per heavy atom. The number of anilines is 2. The number of hydrogen-bond donors (Lipinski definition) is 3. The minimum atomic E-state index is -0.0488. The lowest BCUT2D eigenvalue weighted by atomic mass is 10.1. The highest BCUT2D eigenvalue weighted by atomic mass is 16.2. The molecule has 1 aromatic heterocycles. The van der Waals surface area contributed by atoms with Gasteiger partial charge in [0.05, 0.1) is 0 Å². The quantitative estimate of drug-likeness (QED) is 0.588. The van der Waals surface area contributed by atoms with Gasteiger partial charge in [0.1, 0.15) is 0 Å². The van der Waals surface area contributed by atoms with E-state index in [0.717, 1.165) is 22.9 Å². The van der Waals surface area contributed by atoms with Crippen molar-refractivity contribution in [1.82, 2.24) is 4.98 Å². The first-order chi connectivity index (χ1) is 12.7. The Balaban J connectivity index is 1.57. The Labute approximate surface area is 152 Å². The minimum absolute atomic E-state index is 0.0182. The highest BCUT2D eigenvalue weighted by molar-refractivity contribution is 5.94. The molecule has 0 spiro atoms. The maximum absolute atomic E-state index is 12.3. The van der Waals surface area contributed by atoms with E-state index in [4.69, 9.17) is 0 Å². The van der Waals surface area contributed by atoms with Crippen LogP contribution in [-0.4, -0.2) is 16.8 Å². The molecule has 0 aliphatic rings. The van der Waals surface area contributed by atoms with Gasteiger partial charge in [-0.25, -0.2) is 0 Å². The maximum Gasteiger partial charge on any atom is 0.224 e. The molecule has 3 N–H and O–H groups in total. The molecule has 5 nitrogen and oxygen atoms in total. The third-order valence-electron chi connectivity index (χ3n) is 4.20. The minimum Gasteiger partial charge on any atom is -0.361 e. The molecule has 0 saturated heterocycles. The Morgan fingerprint density at radius 1 is 0.923 bits per heavy atom. The van der Waals surface area contributed by atoms with Gasteiger partial charge in [-0.1, -0.05) is 31.2 Å². The van der Waals surface area contributed by atoms with Crippen LogP contribution in [0.25, 0.3) is 10.9 Å². The van der Waals surface area contributed by atoms with Gasteiger partial charge < -0.3 is 15.6 Å². The van der Waals surface area contributed by atoms with E-state index >= 15 is 0 Å². The second kappa shape index (κ2) is 8.34. The molecule has 1 heterocycles. The van der Waals surface area contributed by atoms with Crippen molar-refractivity contribution in [1.29, 1.82) is 0 Å². The number of para-hydroxylation sites is 1. The molecule has 3 aromatic rings. The van der Waals surface area contributed by atoms with Crippen molar-refractivity contribution in [3.8, 4) is 0 Å². The van der Waals surface area contributed by atoms with Crippen molar-refractivity contribution >= 4 is 34.1 Å². The summed E-state index contributed by atoms with van der Waals surface area (Å²) in [4.78, 5) is 27.2. The van der Waals surface area contributed by atoms with E-state index in [9.17, 15) is 9.59 Å². The smallest absolute Gasteiger partial charge is 0.224 e. The van der Waals surface area contributed by atoms with Crippen LogP contribution in [0.15, 0.2) is 54.7 Å². The highest BCUT2D eigenvalue weighted by Gasteiger charge is 2.08. The lowest BCUT2D eigenvalue weighted by Gasteiger charge is -2.08. The number of nitrogens with one attached hydrogen (secondary N) is 3. The summed E-state index contributed by atoms with van der Waals surface area (Å²) >= 11 is 0. The van der Waals surface area contributed by atoms with Crippen molar-refractivity contribution in [2.75, 3.05) is 10.6 Å². The summed E-state index contributed by atoms with van der Waals surface area (Å²) in [6.45, 7) is 1.96. The van der Waals surface area contributed by atoms with E-state index in [1.54, 1.807) is 6.07 Å². The standard InChI is InChI=1S/C21H23N3O2/c1-2-6-20(25)23-16-7-5-8-17(13-16)24-21(26)12-11-15-14-22-19-10-4-3-9-18(15)19/h3-5,7-10,13-14,22H,2,6,11-12H2,1H3,(H,23,25)(H,24,26). The zero-order valence-corrected chi connectivity index (χ0v) is 14.8. The summed E-state index contributed by atoms with van der Waals surface area (Å²) in [5.41, 5.74) is 3.59. The van der Waals surface area contributed by atoms with E-state index in [2.05, 4.69) is 21.7 Å². The number of aromatic amines is 1. The van der Waals surface area contributed by atoms with E-state index in [1.807, 2.05) is 49.5 Å². The van der Waals surface area contributed by atoms with Gasteiger partial charge in [0.2, 0.25) is 11.8 Å². The van der Waals surface area contributed by atoms with Crippen molar-refractivity contribution in [2.24, 2.45) is 0 Å². The maximum atomic E-state index is 12.3. The monoisotopic (exact) mass is 349 g/mol. The largest absolute Gasteiger partial charge is 0.361 e. The van der Waals surface area contributed by atoms with Crippen LogP contribution < -0.4 is 10.6 Å². The fourth-order valence-corrected chi connectivity index (χ4v) is 2.94. The molecule has 0 bridgehead atoms. The molecule has 26 heavy (non-hydrogen) atoms. The van der Waals surface area contributed by atoms with Gasteiger partial charge in [-0.15, -0.1) is 0 Å². The molecule has 0 atom stereocenters. The molecular formula is C21H23N3O2. The number of H-pyrrole nitrogens is 1. The second-order valence-electron chi connectivity index (χ2n) is 6.29. The fourth-order valence-electron chi connectivity index (χ4n) is 2.94. The average Bonchev–Trinajstić information content (AvgIpc) is 3.04. The lowest BCUT2D eigenvalue weighted by molar-refractivity contribution is -0.117. The number of carbonyl (C=O) groups excluding carboxylic acids is 2. The number of hydrogen-bond acceptors (Lipinski definition) is 2. The molecule has 3 rings (SSSR count). The Morgan fingerprint density at radius 2 is 1.62 bits per heavy atom. The molecule has 2 aromatic carbocycles. The van der Waals surface area contributed by atoms with Crippen LogP contribution in [0.2, 0.25) is 0 Å². The number of rotatable bonds is 7. The second-order valence-corrected chi connectivity index (χ2v) is 6.29. The summed E-state index contributed by atoms with van der Waals surface area (Å²) in [5.74, 6) is -0.0670. The molecule has 0 fully saturated rings. The lowest BCUT2D eigenvalue weighted by Crippen LogP contribution is -2.13. The molecule has 134 valence electrons. The average molecular weight is 349 g/mol. The van der Waals surface area contributed by atoms with Crippen molar-refractivity contribution in [3.05, 3.63) is 60.3 Å². The normalized spacial score (nSPS) is 10.7. The molecule has 0 radical (unpaired) electrons. The molecule has 0 unspecified atom stereocenters. The van der Waals surface area contributed by atoms with E-state index < -0.39 is 0 Å².